The van der Waals surface area contributed by atoms with Gasteiger partial charge in [-0.15, -0.1) is 11.8 Å². The molecule has 3 aromatic heterocycles. The molecule has 1 aliphatic heterocycles. The third-order valence-corrected chi connectivity index (χ3v) is 14.6. The summed E-state index contributed by atoms with van der Waals surface area (Å²) in [6.07, 6.45) is 5.71. The summed E-state index contributed by atoms with van der Waals surface area (Å²) in [7, 11) is 3.33. The number of hydrogen-bond acceptors (Lipinski definition) is 5. The second-order valence-electron chi connectivity index (χ2n) is 19.3. The van der Waals surface area contributed by atoms with Crippen LogP contribution < -0.4 is 26.4 Å². The van der Waals surface area contributed by atoms with Crippen LogP contribution in [0.3, 0.4) is 0 Å². The maximum absolute atomic E-state index is 14.2. The molecule has 4 heterocycles. The van der Waals surface area contributed by atoms with Crippen molar-refractivity contribution in [1.29, 1.82) is 0 Å². The van der Waals surface area contributed by atoms with E-state index < -0.39 is 17.8 Å². The van der Waals surface area contributed by atoms with Crippen molar-refractivity contribution in [2.45, 2.75) is 45.0 Å². The number of thioether (sulfide) groups is 1. The second kappa shape index (κ2) is 20.3. The van der Waals surface area contributed by atoms with Gasteiger partial charge in [-0.2, -0.15) is 26.4 Å². The number of fused-ring (bicyclic) bond motifs is 2. The predicted octanol–water partition coefficient (Wildman–Crippen LogP) is 10.3. The Morgan fingerprint density at radius 1 is 0.704 bits per heavy atom. The third-order valence-electron chi connectivity index (χ3n) is 13.4. The highest BCUT2D eigenvalue weighted by Crippen LogP contribution is 2.43. The van der Waals surface area contributed by atoms with Gasteiger partial charge in [0.1, 0.15) is 17.3 Å². The van der Waals surface area contributed by atoms with Crippen LogP contribution in [0.1, 0.15) is 66.5 Å². The molecule has 1 amide bonds. The lowest BCUT2D eigenvalue weighted by Gasteiger charge is -2.44. The highest BCUT2D eigenvalue weighted by Gasteiger charge is 2.34. The normalized spacial score (nSPS) is 13.7. The summed E-state index contributed by atoms with van der Waals surface area (Å²) in [6, 6.07) is 60.8. The number of carbonyl (C=O) groups is 3. The molecule has 71 heavy (non-hydrogen) atoms. The molecule has 0 aliphatic carbocycles. The van der Waals surface area contributed by atoms with Crippen LogP contribution in [0.5, 0.6) is 0 Å². The summed E-state index contributed by atoms with van der Waals surface area (Å²) < 4.78 is 24.8. The molecule has 0 radical (unpaired) electrons. The molecule has 10 rings (SSSR count). The number of esters is 1. The van der Waals surface area contributed by atoms with Gasteiger partial charge in [0.2, 0.25) is 0 Å². The number of hydrogen-bond donors (Lipinski definition) is 0. The quantitative estimate of drug-likeness (QED) is 0.0591. The zero-order valence-corrected chi connectivity index (χ0v) is 41.6. The van der Waals surface area contributed by atoms with Gasteiger partial charge >= 0.3 is 18.2 Å². The van der Waals surface area contributed by atoms with Crippen LogP contribution in [0.25, 0.3) is 22.0 Å². The number of ketones is 1. The molecule has 0 spiro atoms. The monoisotopic (exact) mass is 958 g/mol. The van der Waals surface area contributed by atoms with Gasteiger partial charge in [-0.25, -0.2) is 9.18 Å². The van der Waals surface area contributed by atoms with Gasteiger partial charge in [-0.3, -0.25) is 14.2 Å². The van der Waals surface area contributed by atoms with Gasteiger partial charge in [-0.1, -0.05) is 146 Å². The molecule has 0 saturated heterocycles. The summed E-state index contributed by atoms with van der Waals surface area (Å²) in [5.41, 5.74) is 9.91. The van der Waals surface area contributed by atoms with E-state index in [0.29, 0.717) is 27.8 Å². The molecular weight excluding hydrogens is 903 g/mol. The van der Waals surface area contributed by atoms with E-state index in [-0.39, 0.29) is 29.0 Å². The predicted molar refractivity (Wildman–Crippen MR) is 286 cm³/mol. The van der Waals surface area contributed by atoms with Crippen LogP contribution in [-0.4, -0.2) is 52.1 Å². The van der Waals surface area contributed by atoms with E-state index in [1.807, 2.05) is 87.3 Å². The average Bonchev–Trinajstić information content (AvgIpc) is 4.12. The van der Waals surface area contributed by atoms with Crippen molar-refractivity contribution in [2.24, 2.45) is 5.41 Å². The van der Waals surface area contributed by atoms with Crippen molar-refractivity contribution >= 4 is 68.4 Å². The molecule has 8 nitrogen and oxygen atoms in total. The Morgan fingerprint density at radius 2 is 1.24 bits per heavy atom. The Bertz CT molecular complexity index is 3170. The molecule has 0 fully saturated rings. The van der Waals surface area contributed by atoms with E-state index in [1.165, 1.54) is 43.5 Å². The highest BCUT2D eigenvalue weighted by atomic mass is 32.2. The molecule has 0 bridgehead atoms. The topological polar surface area (TPSA) is 77.4 Å². The van der Waals surface area contributed by atoms with Gasteiger partial charge < -0.3 is 14.2 Å². The first-order valence-corrected chi connectivity index (χ1v) is 24.9. The first-order valence-electron chi connectivity index (χ1n) is 23.8. The first-order chi connectivity index (χ1) is 34.2. The van der Waals surface area contributed by atoms with E-state index in [4.69, 9.17) is 4.74 Å². The van der Waals surface area contributed by atoms with Crippen LogP contribution in [-0.2, 0) is 15.3 Å². The van der Waals surface area contributed by atoms with Crippen LogP contribution in [0.2, 0.25) is 0 Å². The van der Waals surface area contributed by atoms with E-state index in [2.05, 4.69) is 126 Å². The van der Waals surface area contributed by atoms with Gasteiger partial charge in [0.25, 0.3) is 0 Å². The van der Waals surface area contributed by atoms with Gasteiger partial charge in [0.15, 0.2) is 18.2 Å². The molecule has 356 valence electrons. The number of aromatic nitrogens is 3. The zero-order chi connectivity index (χ0) is 49.9. The maximum atomic E-state index is 14.2. The first kappa shape index (κ1) is 48.3. The number of benzene rings is 6. The van der Waals surface area contributed by atoms with E-state index in [0.717, 1.165) is 22.4 Å². The van der Waals surface area contributed by atoms with E-state index >= 15 is 0 Å². The lowest BCUT2D eigenvalue weighted by molar-refractivity contribution is -0.753. The number of carbonyl (C=O) groups excluding carboxylic acids is 3. The second-order valence-corrected chi connectivity index (χ2v) is 20.3. The van der Waals surface area contributed by atoms with Crippen molar-refractivity contribution < 1.29 is 28.1 Å². The fourth-order valence-electron chi connectivity index (χ4n) is 9.70. The summed E-state index contributed by atoms with van der Waals surface area (Å²) in [5.74, 6) is -0.131. The number of ether oxygens (including phenoxy) is 1. The van der Waals surface area contributed by atoms with Gasteiger partial charge in [0.05, 0.1) is 10.9 Å². The lowest BCUT2D eigenvalue weighted by atomic mass is 9.13. The van der Waals surface area contributed by atoms with Crippen LogP contribution >= 0.6 is 11.8 Å². The van der Waals surface area contributed by atoms with Gasteiger partial charge in [0, 0.05) is 73.0 Å². The summed E-state index contributed by atoms with van der Waals surface area (Å²) in [5, 5.41) is 0.598. The van der Waals surface area contributed by atoms with E-state index in [9.17, 15) is 18.8 Å². The Kier molecular flexibility index (Phi) is 13.8. The third kappa shape index (κ3) is 9.62. The van der Waals surface area contributed by atoms with Crippen molar-refractivity contribution in [3.8, 4) is 11.1 Å². The molecular formula is C60H56BFN4O4S. The summed E-state index contributed by atoms with van der Waals surface area (Å²) in [4.78, 5) is 41.4. The fraction of sp³-hybridized carbons (Fsp3) is 0.167. The Hall–Kier alpha value is -7.76. The zero-order valence-electron chi connectivity index (χ0n) is 40.8. The highest BCUT2D eigenvalue weighted by molar-refractivity contribution is 7.99. The minimum atomic E-state index is -1.22. The summed E-state index contributed by atoms with van der Waals surface area (Å²) in [6.45, 7) is 7.32. The molecule has 9 aromatic rings. The van der Waals surface area contributed by atoms with Crippen LogP contribution in [0.4, 0.5) is 9.18 Å². The van der Waals surface area contributed by atoms with Crippen molar-refractivity contribution in [1.82, 2.24) is 14.0 Å². The molecule has 0 N–H and O–H groups in total. The number of amides is 1. The molecule has 1 aliphatic rings. The molecule has 11 heteroatoms. The van der Waals surface area contributed by atoms with E-state index in [1.54, 1.807) is 44.2 Å². The largest absolute Gasteiger partial charge is 0.402 e. The van der Waals surface area contributed by atoms with Crippen molar-refractivity contribution in [3.63, 3.8) is 0 Å². The Labute approximate surface area is 419 Å². The van der Waals surface area contributed by atoms with Crippen molar-refractivity contribution in [2.75, 3.05) is 14.1 Å². The van der Waals surface area contributed by atoms with Crippen LogP contribution in [0, 0.1) is 11.2 Å². The molecule has 1 unspecified atom stereocenters. The fourth-order valence-corrected chi connectivity index (χ4v) is 11.0. The number of nitrogens with zero attached hydrogens (tertiary/aromatic N) is 4. The van der Waals surface area contributed by atoms with Crippen molar-refractivity contribution in [3.05, 3.63) is 235 Å². The molecule has 6 aromatic carbocycles. The Morgan fingerprint density at radius 3 is 1.76 bits per heavy atom. The van der Waals surface area contributed by atoms with Crippen LogP contribution in [0.15, 0.2) is 207 Å². The smallest absolute Gasteiger partial charge is 0.328 e. The summed E-state index contributed by atoms with van der Waals surface area (Å²) >= 11 is 1.71. The number of halogens is 1. The maximum Gasteiger partial charge on any atom is 0.328 e. The Balaban J connectivity index is 0.000000209. The number of pyridine rings is 1. The molecule has 0 saturated carbocycles. The molecule has 2 atom stereocenters. The number of rotatable bonds is 10. The minimum absolute atomic E-state index is 0.0653. The average molecular weight is 959 g/mol. The van der Waals surface area contributed by atoms with Gasteiger partial charge in [-0.05, 0) is 62.2 Å². The standard InChI is InChI=1S/C36H36FN4O4S.C24H20B/c1-22(45-34(43)36(2,3)4)39-16-7-8-25(19-39)33-40-17-15-28(31(40)21-46-33)32(42)29-20-41(35(44)38(5)6)30-18-24(11-14-27(29)30)23-9-12-26(37)13-10-23;1-5-13-21(14-6-1)25(22-15-7-2-8-16-22,23-17-9-3-10-18-23)24-19-11-4-12-20-24/h7-20,22,33H,21H2,1-6H3;1-20H/q+1;-1/t22?,33-;/m1./s1. The minimum Gasteiger partial charge on any atom is -0.402 e. The lowest BCUT2D eigenvalue weighted by Crippen LogP contribution is -2.74. The SMILES string of the molecule is CC(OC(=O)C(C)(C)C)[n+]1cccc([C@H]2SCc3c(C(=O)c4cn(C(=O)N(C)C)c5cc(-c6ccc(F)cc6)ccc45)ccn32)c1.c1ccc([B-](c2ccccc2)(c2ccccc2)c2ccccc2)cc1.